The van der Waals surface area contributed by atoms with E-state index < -0.39 is 23.9 Å². The maximum absolute atomic E-state index is 11.8. The Balaban J connectivity index is 2.47. The van der Waals surface area contributed by atoms with E-state index in [4.69, 9.17) is 0 Å². The number of nitrogens with zero attached hydrogens (tertiary/aromatic N) is 1. The van der Waals surface area contributed by atoms with Crippen LogP contribution in [0.25, 0.3) is 0 Å². The zero-order valence-corrected chi connectivity index (χ0v) is 12.7. The van der Waals surface area contributed by atoms with Gasteiger partial charge in [0.15, 0.2) is 0 Å². The first-order valence-electron chi connectivity index (χ1n) is 7.44. The third kappa shape index (κ3) is 6.57. The number of carbonyl (C=O) groups is 3. The van der Waals surface area contributed by atoms with Gasteiger partial charge in [-0.1, -0.05) is 26.7 Å². The van der Waals surface area contributed by atoms with Crippen LogP contribution in [-0.2, 0) is 9.59 Å². The molecule has 1 rings (SSSR count). The number of carboxylic acid groups (broad SMARTS) is 1. The van der Waals surface area contributed by atoms with Gasteiger partial charge in [0.05, 0.1) is 6.54 Å². The molecule has 0 aromatic heterocycles. The maximum atomic E-state index is 11.8. The molecule has 0 aromatic rings. The Hall–Kier alpha value is -1.63. The fourth-order valence-corrected chi connectivity index (χ4v) is 2.33. The Morgan fingerprint density at radius 1 is 1.24 bits per heavy atom. The monoisotopic (exact) mass is 299 g/mol. The van der Waals surface area contributed by atoms with Crippen LogP contribution in [0.5, 0.6) is 0 Å². The summed E-state index contributed by atoms with van der Waals surface area (Å²) in [5.74, 6) is -1.08. The second-order valence-corrected chi connectivity index (χ2v) is 5.83. The lowest BCUT2D eigenvalue weighted by atomic mass is 10.1. The topological polar surface area (TPSA) is 98.7 Å². The molecule has 0 aliphatic carbocycles. The van der Waals surface area contributed by atoms with Gasteiger partial charge in [0.25, 0.3) is 0 Å². The van der Waals surface area contributed by atoms with Crippen molar-refractivity contribution in [1.82, 2.24) is 15.5 Å². The molecule has 0 aromatic carbocycles. The first kappa shape index (κ1) is 17.4. The van der Waals surface area contributed by atoms with Crippen LogP contribution in [0, 0.1) is 5.92 Å². The summed E-state index contributed by atoms with van der Waals surface area (Å²) >= 11 is 0. The maximum Gasteiger partial charge on any atom is 0.321 e. The highest BCUT2D eigenvalue weighted by atomic mass is 16.4. The molecule has 1 aliphatic rings. The average Bonchev–Trinajstić information content (AvgIpc) is 2.61. The van der Waals surface area contributed by atoms with Crippen molar-refractivity contribution in [3.05, 3.63) is 0 Å². The first-order chi connectivity index (χ1) is 9.90. The number of imide groups is 1. The van der Waals surface area contributed by atoms with Crippen LogP contribution in [0.1, 0.15) is 39.5 Å². The van der Waals surface area contributed by atoms with E-state index in [-0.39, 0.29) is 6.54 Å². The number of hydrogen-bond donors (Lipinski definition) is 3. The van der Waals surface area contributed by atoms with E-state index in [1.165, 1.54) is 0 Å². The first-order valence-corrected chi connectivity index (χ1v) is 7.44. The van der Waals surface area contributed by atoms with Crippen molar-refractivity contribution in [2.24, 2.45) is 5.92 Å². The Morgan fingerprint density at radius 3 is 2.57 bits per heavy atom. The SMILES string of the molecule is CC(C)CNC(=O)NC(=O)CN1CCCCCC1C(=O)O. The van der Waals surface area contributed by atoms with E-state index in [1.807, 2.05) is 13.8 Å². The highest BCUT2D eigenvalue weighted by Crippen LogP contribution is 2.16. The second kappa shape index (κ2) is 8.61. The average molecular weight is 299 g/mol. The molecule has 1 heterocycles. The molecule has 21 heavy (non-hydrogen) atoms. The Kier molecular flexibility index (Phi) is 7.14. The molecule has 3 amide bonds. The van der Waals surface area contributed by atoms with E-state index >= 15 is 0 Å². The molecule has 7 nitrogen and oxygen atoms in total. The molecule has 0 bridgehead atoms. The van der Waals surface area contributed by atoms with Crippen LogP contribution >= 0.6 is 0 Å². The summed E-state index contributed by atoms with van der Waals surface area (Å²) in [4.78, 5) is 36.2. The van der Waals surface area contributed by atoms with Gasteiger partial charge in [-0.25, -0.2) is 4.79 Å². The molecule has 7 heteroatoms. The fourth-order valence-electron chi connectivity index (χ4n) is 2.33. The van der Waals surface area contributed by atoms with Gasteiger partial charge in [0.2, 0.25) is 5.91 Å². The van der Waals surface area contributed by atoms with Crippen LogP contribution in [0.15, 0.2) is 0 Å². The van der Waals surface area contributed by atoms with Gasteiger partial charge in [-0.15, -0.1) is 0 Å². The third-order valence-electron chi connectivity index (χ3n) is 3.42. The summed E-state index contributed by atoms with van der Waals surface area (Å²) < 4.78 is 0. The number of likely N-dealkylation sites (tertiary alicyclic amines) is 1. The van der Waals surface area contributed by atoms with Gasteiger partial charge in [-0.3, -0.25) is 19.8 Å². The van der Waals surface area contributed by atoms with Gasteiger partial charge in [0, 0.05) is 6.54 Å². The lowest BCUT2D eigenvalue weighted by Crippen LogP contribution is -2.49. The van der Waals surface area contributed by atoms with E-state index in [0.717, 1.165) is 19.3 Å². The minimum Gasteiger partial charge on any atom is -0.480 e. The molecule has 0 spiro atoms. The van der Waals surface area contributed by atoms with Crippen LogP contribution in [0.3, 0.4) is 0 Å². The summed E-state index contributed by atoms with van der Waals surface area (Å²) in [7, 11) is 0. The number of carbonyl (C=O) groups excluding carboxylic acids is 2. The predicted octanol–water partition coefficient (Wildman–Crippen LogP) is 0.797. The molecule has 120 valence electrons. The lowest BCUT2D eigenvalue weighted by molar-refractivity contribution is -0.143. The van der Waals surface area contributed by atoms with Crippen molar-refractivity contribution in [2.45, 2.75) is 45.6 Å². The molecule has 1 saturated heterocycles. The Bertz CT molecular complexity index is 384. The minimum absolute atomic E-state index is 0.0634. The zero-order valence-electron chi connectivity index (χ0n) is 12.7. The molecule has 1 fully saturated rings. The quantitative estimate of drug-likeness (QED) is 0.697. The van der Waals surface area contributed by atoms with Gasteiger partial charge < -0.3 is 10.4 Å². The van der Waals surface area contributed by atoms with E-state index in [9.17, 15) is 19.5 Å². The van der Waals surface area contributed by atoms with Crippen LogP contribution in [-0.4, -0.2) is 53.6 Å². The number of aliphatic carboxylic acids is 1. The largest absolute Gasteiger partial charge is 0.480 e. The number of amides is 3. The van der Waals surface area contributed by atoms with Crippen molar-refractivity contribution in [1.29, 1.82) is 0 Å². The van der Waals surface area contributed by atoms with Crippen LogP contribution < -0.4 is 10.6 Å². The molecule has 1 aliphatic heterocycles. The normalized spacial score (nSPS) is 19.9. The van der Waals surface area contributed by atoms with Crippen molar-refractivity contribution in [3.8, 4) is 0 Å². The predicted molar refractivity (Wildman–Crippen MR) is 77.8 cm³/mol. The van der Waals surface area contributed by atoms with Gasteiger partial charge in [0.1, 0.15) is 6.04 Å². The second-order valence-electron chi connectivity index (χ2n) is 5.83. The molecule has 1 atom stereocenters. The van der Waals surface area contributed by atoms with Crippen molar-refractivity contribution in [3.63, 3.8) is 0 Å². The number of urea groups is 1. The third-order valence-corrected chi connectivity index (χ3v) is 3.42. The number of carboxylic acids is 1. The van der Waals surface area contributed by atoms with Crippen molar-refractivity contribution >= 4 is 17.9 Å². The molecule has 1 unspecified atom stereocenters. The van der Waals surface area contributed by atoms with Gasteiger partial charge in [-0.05, 0) is 25.3 Å². The summed E-state index contributed by atoms with van der Waals surface area (Å²) in [6.07, 6.45) is 3.24. The van der Waals surface area contributed by atoms with Gasteiger partial charge in [-0.2, -0.15) is 0 Å². The smallest absolute Gasteiger partial charge is 0.321 e. The highest BCUT2D eigenvalue weighted by Gasteiger charge is 2.28. The molecule has 3 N–H and O–H groups in total. The standard InChI is InChI=1S/C14H25N3O4/c1-10(2)8-15-14(21)16-12(18)9-17-7-5-3-4-6-11(17)13(19)20/h10-11H,3-9H2,1-2H3,(H,19,20)(H2,15,16,18,21). The number of nitrogens with one attached hydrogen (secondary N) is 2. The number of rotatable bonds is 5. The van der Waals surface area contributed by atoms with E-state index in [2.05, 4.69) is 10.6 Å². The zero-order chi connectivity index (χ0) is 15.8. The molecule has 0 radical (unpaired) electrons. The van der Waals surface area contributed by atoms with Crippen LogP contribution in [0.4, 0.5) is 4.79 Å². The van der Waals surface area contributed by atoms with E-state index in [1.54, 1.807) is 4.90 Å². The Labute approximate surface area is 125 Å². The molecular formula is C14H25N3O4. The summed E-state index contributed by atoms with van der Waals surface area (Å²) in [6.45, 7) is 4.90. The minimum atomic E-state index is -0.908. The molecule has 0 saturated carbocycles. The molecular weight excluding hydrogens is 274 g/mol. The fraction of sp³-hybridized carbons (Fsp3) is 0.786. The lowest BCUT2D eigenvalue weighted by Gasteiger charge is -2.25. The van der Waals surface area contributed by atoms with Crippen LogP contribution in [0.2, 0.25) is 0 Å². The summed E-state index contributed by atoms with van der Waals surface area (Å²) in [5, 5.41) is 14.1. The number of hydrogen-bond acceptors (Lipinski definition) is 4. The van der Waals surface area contributed by atoms with Crippen molar-refractivity contribution < 1.29 is 19.5 Å². The Morgan fingerprint density at radius 2 is 1.95 bits per heavy atom. The summed E-state index contributed by atoms with van der Waals surface area (Å²) in [6, 6.07) is -1.17. The highest BCUT2D eigenvalue weighted by molar-refractivity contribution is 5.95. The van der Waals surface area contributed by atoms with Crippen molar-refractivity contribution in [2.75, 3.05) is 19.6 Å². The summed E-state index contributed by atoms with van der Waals surface area (Å²) in [5.41, 5.74) is 0. The van der Waals surface area contributed by atoms with E-state index in [0.29, 0.717) is 25.4 Å². The van der Waals surface area contributed by atoms with Gasteiger partial charge >= 0.3 is 12.0 Å².